The number of fused-ring (bicyclic) bond motifs is 1. The molecule has 20 heavy (non-hydrogen) atoms. The van der Waals surface area contributed by atoms with Crippen molar-refractivity contribution in [2.75, 3.05) is 7.11 Å². The van der Waals surface area contributed by atoms with Crippen LogP contribution < -0.4 is 0 Å². The van der Waals surface area contributed by atoms with Crippen LogP contribution in [0.4, 0.5) is 0 Å². The fourth-order valence-corrected chi connectivity index (χ4v) is 2.73. The number of methoxy groups -OCH3 is 1. The Kier molecular flexibility index (Phi) is 4.07. The first-order valence-electron chi connectivity index (χ1n) is 6.86. The maximum atomic E-state index is 12.8. The van der Waals surface area contributed by atoms with Gasteiger partial charge in [0, 0.05) is 5.56 Å². The number of Topliss-reactive ketones (excluding diaryl/α,β-unsaturated/α-hetero) is 1. The van der Waals surface area contributed by atoms with Crippen molar-refractivity contribution in [3.63, 3.8) is 0 Å². The number of rotatable bonds is 3. The van der Waals surface area contributed by atoms with Gasteiger partial charge in [-0.05, 0) is 38.7 Å². The molecule has 1 aromatic carbocycles. The zero-order chi connectivity index (χ0) is 14.8. The van der Waals surface area contributed by atoms with Gasteiger partial charge < -0.3 is 4.74 Å². The van der Waals surface area contributed by atoms with Crippen molar-refractivity contribution in [2.24, 2.45) is 5.41 Å². The number of ketones is 1. The Morgan fingerprint density at radius 3 is 2.70 bits per heavy atom. The third kappa shape index (κ3) is 2.40. The molecule has 0 unspecified atom stereocenters. The number of hydrogen-bond donors (Lipinski definition) is 0. The molecule has 0 bridgehead atoms. The summed E-state index contributed by atoms with van der Waals surface area (Å²) in [6.45, 7) is 3.93. The molecule has 1 aliphatic rings. The highest BCUT2D eigenvalue weighted by atomic mass is 16.5. The second kappa shape index (κ2) is 5.61. The maximum Gasteiger partial charge on any atom is 0.320 e. The molecule has 2 rings (SSSR count). The van der Waals surface area contributed by atoms with E-state index in [1.54, 1.807) is 6.07 Å². The van der Waals surface area contributed by atoms with Crippen molar-refractivity contribution in [1.82, 2.24) is 0 Å². The Morgan fingerprint density at radius 1 is 1.35 bits per heavy atom. The standard InChI is InChI=1S/C17H20O3/c1-12(2)8-10-17(16(19)20-3)11-9-13-6-4-5-7-14(13)15(17)18/h4-8H,9-11H2,1-3H3/t17-/m0/s1. The molecule has 0 aliphatic heterocycles. The zero-order valence-electron chi connectivity index (χ0n) is 12.2. The first-order chi connectivity index (χ1) is 9.51. The monoisotopic (exact) mass is 272 g/mol. The molecule has 3 heteroatoms. The van der Waals surface area contributed by atoms with Crippen LogP contribution in [-0.2, 0) is 16.0 Å². The van der Waals surface area contributed by atoms with Gasteiger partial charge in [0.05, 0.1) is 7.11 Å². The molecular weight excluding hydrogens is 252 g/mol. The van der Waals surface area contributed by atoms with E-state index in [0.717, 1.165) is 17.6 Å². The highest BCUT2D eigenvalue weighted by molar-refractivity contribution is 6.14. The molecule has 0 heterocycles. The number of hydrogen-bond acceptors (Lipinski definition) is 3. The van der Waals surface area contributed by atoms with Crippen LogP contribution in [0.25, 0.3) is 0 Å². The highest BCUT2D eigenvalue weighted by Gasteiger charge is 2.48. The first kappa shape index (κ1) is 14.5. The third-order valence-corrected chi connectivity index (χ3v) is 3.95. The van der Waals surface area contributed by atoms with Gasteiger partial charge in [-0.3, -0.25) is 9.59 Å². The summed E-state index contributed by atoms with van der Waals surface area (Å²) in [7, 11) is 1.35. The summed E-state index contributed by atoms with van der Waals surface area (Å²) >= 11 is 0. The molecule has 0 saturated carbocycles. The van der Waals surface area contributed by atoms with Gasteiger partial charge in [-0.2, -0.15) is 0 Å². The van der Waals surface area contributed by atoms with Crippen LogP contribution in [-0.4, -0.2) is 18.9 Å². The Hall–Kier alpha value is -1.90. The van der Waals surface area contributed by atoms with E-state index in [-0.39, 0.29) is 5.78 Å². The lowest BCUT2D eigenvalue weighted by Gasteiger charge is -2.33. The number of ether oxygens (including phenoxy) is 1. The van der Waals surface area contributed by atoms with Crippen molar-refractivity contribution in [3.05, 3.63) is 47.0 Å². The van der Waals surface area contributed by atoms with Crippen LogP contribution in [0.1, 0.15) is 42.6 Å². The minimum atomic E-state index is -1.06. The SMILES string of the molecule is COC(=O)[C@@]1(CC=C(C)C)CCc2ccccc2C1=O. The number of allylic oxidation sites excluding steroid dienone is 2. The van der Waals surface area contributed by atoms with E-state index >= 15 is 0 Å². The van der Waals surface area contributed by atoms with Crippen LogP contribution >= 0.6 is 0 Å². The number of carbonyl (C=O) groups excluding carboxylic acids is 2. The van der Waals surface area contributed by atoms with E-state index in [0.29, 0.717) is 18.4 Å². The molecule has 1 atom stereocenters. The Balaban J connectivity index is 2.47. The molecule has 0 fully saturated rings. The van der Waals surface area contributed by atoms with Gasteiger partial charge in [0.15, 0.2) is 5.78 Å². The second-order valence-corrected chi connectivity index (χ2v) is 5.55. The van der Waals surface area contributed by atoms with Gasteiger partial charge in [-0.1, -0.05) is 35.9 Å². The predicted molar refractivity (Wildman–Crippen MR) is 77.6 cm³/mol. The lowest BCUT2D eigenvalue weighted by molar-refractivity contribution is -0.150. The third-order valence-electron chi connectivity index (χ3n) is 3.95. The normalized spacial score (nSPS) is 21.1. The average molecular weight is 272 g/mol. The van der Waals surface area contributed by atoms with E-state index < -0.39 is 11.4 Å². The predicted octanol–water partition coefficient (Wildman–Crippen LogP) is 3.33. The summed E-state index contributed by atoms with van der Waals surface area (Å²) in [6.07, 6.45) is 3.60. The van der Waals surface area contributed by atoms with Crippen molar-refractivity contribution < 1.29 is 14.3 Å². The number of carbonyl (C=O) groups is 2. The van der Waals surface area contributed by atoms with Gasteiger partial charge in [-0.15, -0.1) is 0 Å². The smallest absolute Gasteiger partial charge is 0.320 e. The number of benzene rings is 1. The molecular formula is C17H20O3. The molecule has 0 radical (unpaired) electrons. The van der Waals surface area contributed by atoms with Crippen LogP contribution in [0.3, 0.4) is 0 Å². The van der Waals surface area contributed by atoms with E-state index in [2.05, 4.69) is 0 Å². The van der Waals surface area contributed by atoms with E-state index in [4.69, 9.17) is 4.74 Å². The van der Waals surface area contributed by atoms with Crippen molar-refractivity contribution in [3.8, 4) is 0 Å². The zero-order valence-corrected chi connectivity index (χ0v) is 12.2. The maximum absolute atomic E-state index is 12.8. The largest absolute Gasteiger partial charge is 0.468 e. The molecule has 3 nitrogen and oxygen atoms in total. The lowest BCUT2D eigenvalue weighted by Crippen LogP contribution is -2.43. The van der Waals surface area contributed by atoms with Crippen molar-refractivity contribution in [1.29, 1.82) is 0 Å². The van der Waals surface area contributed by atoms with Crippen molar-refractivity contribution in [2.45, 2.75) is 33.1 Å². The van der Waals surface area contributed by atoms with Crippen LogP contribution in [0.15, 0.2) is 35.9 Å². The molecule has 0 aromatic heterocycles. The molecule has 0 N–H and O–H groups in total. The van der Waals surface area contributed by atoms with Crippen LogP contribution in [0.2, 0.25) is 0 Å². The van der Waals surface area contributed by atoms with E-state index in [1.807, 2.05) is 38.1 Å². The Labute approximate surface area is 119 Å². The minimum Gasteiger partial charge on any atom is -0.468 e. The fraction of sp³-hybridized carbons (Fsp3) is 0.412. The Morgan fingerprint density at radius 2 is 2.05 bits per heavy atom. The summed E-state index contributed by atoms with van der Waals surface area (Å²) in [4.78, 5) is 25.1. The molecule has 1 aliphatic carbocycles. The Bertz CT molecular complexity index is 567. The average Bonchev–Trinajstić information content (AvgIpc) is 2.46. The van der Waals surface area contributed by atoms with Crippen molar-refractivity contribution >= 4 is 11.8 Å². The summed E-state index contributed by atoms with van der Waals surface area (Å²) in [5.41, 5.74) is 1.72. The first-order valence-corrected chi connectivity index (χ1v) is 6.86. The van der Waals surface area contributed by atoms with Gasteiger partial charge >= 0.3 is 5.97 Å². The van der Waals surface area contributed by atoms with Gasteiger partial charge in [0.25, 0.3) is 0 Å². The van der Waals surface area contributed by atoms with E-state index in [9.17, 15) is 9.59 Å². The summed E-state index contributed by atoms with van der Waals surface area (Å²) in [6, 6.07) is 7.52. The van der Waals surface area contributed by atoms with Crippen LogP contribution in [0, 0.1) is 5.41 Å². The van der Waals surface area contributed by atoms with Gasteiger partial charge in [-0.25, -0.2) is 0 Å². The summed E-state index contributed by atoms with van der Waals surface area (Å²) in [5.74, 6) is -0.529. The topological polar surface area (TPSA) is 43.4 Å². The molecule has 106 valence electrons. The van der Waals surface area contributed by atoms with Gasteiger partial charge in [0.2, 0.25) is 0 Å². The molecule has 0 spiro atoms. The minimum absolute atomic E-state index is 0.108. The fourth-order valence-electron chi connectivity index (χ4n) is 2.73. The number of aryl methyl sites for hydroxylation is 1. The molecule has 1 aromatic rings. The lowest BCUT2D eigenvalue weighted by atomic mass is 9.68. The molecule has 0 saturated heterocycles. The molecule has 0 amide bonds. The number of esters is 1. The van der Waals surface area contributed by atoms with Gasteiger partial charge in [0.1, 0.15) is 5.41 Å². The van der Waals surface area contributed by atoms with E-state index in [1.165, 1.54) is 7.11 Å². The highest BCUT2D eigenvalue weighted by Crippen LogP contribution is 2.40. The summed E-state index contributed by atoms with van der Waals surface area (Å²) < 4.78 is 4.92. The quantitative estimate of drug-likeness (QED) is 0.481. The summed E-state index contributed by atoms with van der Waals surface area (Å²) in [5, 5.41) is 0. The second-order valence-electron chi connectivity index (χ2n) is 5.55. The van der Waals surface area contributed by atoms with Crippen LogP contribution in [0.5, 0.6) is 0 Å².